The number of likely N-dealkylation sites (N-methyl/N-ethyl adjacent to an activating group) is 1. The molecule has 5 nitrogen and oxygen atoms in total. The van der Waals surface area contributed by atoms with Crippen molar-refractivity contribution in [3.8, 4) is 6.07 Å². The molecule has 2 aromatic carbocycles. The van der Waals surface area contributed by atoms with Crippen LogP contribution < -0.4 is 4.31 Å². The number of hydrogen-bond acceptors (Lipinski definition) is 4. The number of piperidine rings is 1. The topological polar surface area (TPSA) is 64.4 Å². The molecular formula is C20H21N3O2S. The van der Waals surface area contributed by atoms with Crippen LogP contribution in [0.25, 0.3) is 0 Å². The van der Waals surface area contributed by atoms with Gasteiger partial charge in [-0.15, -0.1) is 0 Å². The summed E-state index contributed by atoms with van der Waals surface area (Å²) in [5.41, 5.74) is 3.52. The number of nitriles is 1. The minimum atomic E-state index is -3.67. The van der Waals surface area contributed by atoms with Gasteiger partial charge in [0.1, 0.15) is 0 Å². The van der Waals surface area contributed by atoms with Gasteiger partial charge in [0.15, 0.2) is 0 Å². The van der Waals surface area contributed by atoms with Gasteiger partial charge in [0.05, 0.1) is 28.3 Å². The Balaban J connectivity index is 1.83. The first-order chi connectivity index (χ1) is 12.4. The van der Waals surface area contributed by atoms with Crippen LogP contribution in [0.1, 0.15) is 29.0 Å². The van der Waals surface area contributed by atoms with E-state index in [0.717, 1.165) is 36.3 Å². The van der Waals surface area contributed by atoms with Crippen molar-refractivity contribution in [2.45, 2.75) is 30.2 Å². The predicted octanol–water partition coefficient (Wildman–Crippen LogP) is 2.86. The highest BCUT2D eigenvalue weighted by Crippen LogP contribution is 2.47. The van der Waals surface area contributed by atoms with Crippen molar-refractivity contribution < 1.29 is 8.42 Å². The molecule has 1 fully saturated rings. The second-order valence-corrected chi connectivity index (χ2v) is 9.04. The average molecular weight is 367 g/mol. The van der Waals surface area contributed by atoms with Crippen LogP contribution in [0.2, 0.25) is 0 Å². The first kappa shape index (κ1) is 17.1. The van der Waals surface area contributed by atoms with Gasteiger partial charge in [-0.05, 0) is 62.8 Å². The minimum absolute atomic E-state index is 0.0522. The monoisotopic (exact) mass is 367 g/mol. The van der Waals surface area contributed by atoms with Crippen LogP contribution in [-0.4, -0.2) is 39.5 Å². The van der Waals surface area contributed by atoms with Gasteiger partial charge in [0.25, 0.3) is 10.0 Å². The summed E-state index contributed by atoms with van der Waals surface area (Å²) >= 11 is 0. The summed E-state index contributed by atoms with van der Waals surface area (Å²) in [6.07, 6.45) is 0.810. The van der Waals surface area contributed by atoms with Gasteiger partial charge in [-0.3, -0.25) is 4.31 Å². The van der Waals surface area contributed by atoms with Crippen LogP contribution in [0.5, 0.6) is 0 Å². The Morgan fingerprint density at radius 1 is 1.15 bits per heavy atom. The largest absolute Gasteiger partial charge is 0.306 e. The molecule has 0 aromatic heterocycles. The summed E-state index contributed by atoms with van der Waals surface area (Å²) in [5.74, 6) is 0.191. The van der Waals surface area contributed by atoms with Gasteiger partial charge >= 0.3 is 0 Å². The summed E-state index contributed by atoms with van der Waals surface area (Å²) in [5, 5.41) is 8.96. The van der Waals surface area contributed by atoms with Crippen molar-refractivity contribution >= 4 is 15.7 Å². The van der Waals surface area contributed by atoms with E-state index in [9.17, 15) is 8.42 Å². The molecule has 0 amide bonds. The van der Waals surface area contributed by atoms with E-state index in [-0.39, 0.29) is 16.9 Å². The molecule has 2 heterocycles. The van der Waals surface area contributed by atoms with Crippen molar-refractivity contribution in [3.63, 3.8) is 0 Å². The number of hydrogen-bond donors (Lipinski definition) is 0. The Bertz CT molecular complexity index is 993. The second-order valence-electron chi connectivity index (χ2n) is 7.22. The lowest BCUT2D eigenvalue weighted by molar-refractivity contribution is 0.237. The summed E-state index contributed by atoms with van der Waals surface area (Å²) < 4.78 is 28.5. The maximum atomic E-state index is 13.4. The van der Waals surface area contributed by atoms with Crippen molar-refractivity contribution in [1.29, 1.82) is 5.26 Å². The maximum absolute atomic E-state index is 13.4. The van der Waals surface area contributed by atoms with E-state index >= 15 is 0 Å². The molecule has 4 rings (SSSR count). The quantitative estimate of drug-likeness (QED) is 0.819. The molecule has 0 spiro atoms. The predicted molar refractivity (Wildman–Crippen MR) is 101 cm³/mol. The molecule has 0 saturated carbocycles. The molecule has 0 unspecified atom stereocenters. The molecule has 26 heavy (non-hydrogen) atoms. The molecule has 2 aliphatic rings. The van der Waals surface area contributed by atoms with Crippen LogP contribution >= 0.6 is 0 Å². The van der Waals surface area contributed by atoms with E-state index in [4.69, 9.17) is 5.26 Å². The summed E-state index contributed by atoms with van der Waals surface area (Å²) in [7, 11) is -1.59. The number of aryl methyl sites for hydroxylation is 1. The number of sulfonamides is 1. The fraction of sp³-hybridized carbons (Fsp3) is 0.350. The van der Waals surface area contributed by atoms with Crippen LogP contribution in [0.4, 0.5) is 5.69 Å². The molecule has 2 aromatic rings. The number of rotatable bonds is 2. The normalized spacial score (nSPS) is 22.6. The average Bonchev–Trinajstić information content (AvgIpc) is 2.95. The van der Waals surface area contributed by atoms with Crippen LogP contribution in [0.15, 0.2) is 47.4 Å². The molecule has 1 saturated heterocycles. The Morgan fingerprint density at radius 3 is 2.58 bits per heavy atom. The fourth-order valence-corrected chi connectivity index (χ4v) is 5.90. The fourth-order valence-electron chi connectivity index (χ4n) is 4.16. The van der Waals surface area contributed by atoms with Crippen molar-refractivity contribution in [2.75, 3.05) is 24.4 Å². The van der Waals surface area contributed by atoms with Gasteiger partial charge in [0.2, 0.25) is 0 Å². The smallest absolute Gasteiger partial charge is 0.264 e. The van der Waals surface area contributed by atoms with Gasteiger partial charge in [-0.1, -0.05) is 17.7 Å². The van der Waals surface area contributed by atoms with Gasteiger partial charge < -0.3 is 4.90 Å². The van der Waals surface area contributed by atoms with Crippen molar-refractivity contribution in [1.82, 2.24) is 4.90 Å². The molecule has 0 N–H and O–H groups in total. The second kappa shape index (κ2) is 6.11. The van der Waals surface area contributed by atoms with Crippen molar-refractivity contribution in [3.05, 3.63) is 59.2 Å². The standard InChI is InChI=1S/C20H21N3O2S/c1-14-3-8-19-17(11-14)18-13-22(2)10-9-20(18)23(19)26(24,25)16-6-4-15(12-21)5-7-16/h3-8,11,18,20H,9-10,13H2,1-2H3/t18-,20-/m0/s1. The third kappa shape index (κ3) is 2.59. The van der Waals surface area contributed by atoms with E-state index in [0.29, 0.717) is 5.56 Å². The summed E-state index contributed by atoms with van der Waals surface area (Å²) in [6, 6.07) is 14.2. The highest BCUT2D eigenvalue weighted by atomic mass is 32.2. The summed E-state index contributed by atoms with van der Waals surface area (Å²) in [4.78, 5) is 2.51. The molecule has 134 valence electrons. The number of fused-ring (bicyclic) bond motifs is 3. The van der Waals surface area contributed by atoms with E-state index in [1.165, 1.54) is 12.1 Å². The van der Waals surface area contributed by atoms with Crippen molar-refractivity contribution in [2.24, 2.45) is 0 Å². The van der Waals surface area contributed by atoms with Gasteiger partial charge in [0, 0.05) is 12.5 Å². The summed E-state index contributed by atoms with van der Waals surface area (Å²) in [6.45, 7) is 3.79. The number of nitrogens with zero attached hydrogens (tertiary/aromatic N) is 3. The molecule has 0 bridgehead atoms. The molecule has 0 radical (unpaired) electrons. The van der Waals surface area contributed by atoms with Gasteiger partial charge in [-0.2, -0.15) is 5.26 Å². The SMILES string of the molecule is Cc1ccc2c(c1)[C@@H]1CN(C)CC[C@@H]1N2S(=O)(=O)c1ccc(C#N)cc1. The zero-order valence-electron chi connectivity index (χ0n) is 14.9. The third-order valence-electron chi connectivity index (χ3n) is 5.44. The minimum Gasteiger partial charge on any atom is -0.306 e. The highest BCUT2D eigenvalue weighted by Gasteiger charge is 2.46. The van der Waals surface area contributed by atoms with Crippen LogP contribution in [0.3, 0.4) is 0 Å². The lowest BCUT2D eigenvalue weighted by Crippen LogP contribution is -2.47. The van der Waals surface area contributed by atoms with Crippen LogP contribution in [0, 0.1) is 18.3 Å². The third-order valence-corrected chi connectivity index (χ3v) is 7.29. The number of likely N-dealkylation sites (tertiary alicyclic amines) is 1. The Morgan fingerprint density at radius 2 is 1.88 bits per heavy atom. The zero-order chi connectivity index (χ0) is 18.5. The van der Waals surface area contributed by atoms with E-state index in [1.54, 1.807) is 16.4 Å². The van der Waals surface area contributed by atoms with Crippen LogP contribution in [-0.2, 0) is 10.0 Å². The molecular weight excluding hydrogens is 346 g/mol. The van der Waals surface area contributed by atoms with Gasteiger partial charge in [-0.25, -0.2) is 8.42 Å². The number of benzene rings is 2. The lowest BCUT2D eigenvalue weighted by atomic mass is 9.89. The Hall–Kier alpha value is -2.36. The number of anilines is 1. The van der Waals surface area contributed by atoms with E-state index < -0.39 is 10.0 Å². The zero-order valence-corrected chi connectivity index (χ0v) is 15.7. The first-order valence-corrected chi connectivity index (χ1v) is 10.2. The Kier molecular flexibility index (Phi) is 4.02. The van der Waals surface area contributed by atoms with E-state index in [2.05, 4.69) is 18.0 Å². The maximum Gasteiger partial charge on any atom is 0.264 e. The Labute approximate surface area is 154 Å². The first-order valence-electron chi connectivity index (χ1n) is 8.75. The lowest BCUT2D eigenvalue weighted by Gasteiger charge is -2.36. The highest BCUT2D eigenvalue weighted by molar-refractivity contribution is 7.92. The molecule has 6 heteroatoms. The van der Waals surface area contributed by atoms with E-state index in [1.807, 2.05) is 25.1 Å². The molecule has 2 atom stereocenters. The molecule has 0 aliphatic carbocycles. The molecule has 2 aliphatic heterocycles.